The standard InChI is InChI=1S/C13H13BrClN3O2S/c1-16-13-12(6-10(14)8-17-13)21(19,20)18-7-9-3-2-4-11(15)5-9/h2-6,8,18H,7H2,1H3,(H,16,17). The molecule has 0 fully saturated rings. The molecule has 0 aliphatic carbocycles. The summed E-state index contributed by atoms with van der Waals surface area (Å²) in [6.07, 6.45) is 1.53. The topological polar surface area (TPSA) is 71.1 Å². The first-order valence-electron chi connectivity index (χ1n) is 6.00. The third-order valence-corrected chi connectivity index (χ3v) is 4.78. The summed E-state index contributed by atoms with van der Waals surface area (Å²) >= 11 is 9.10. The van der Waals surface area contributed by atoms with Gasteiger partial charge in [-0.3, -0.25) is 0 Å². The molecule has 8 heteroatoms. The molecule has 0 atom stereocenters. The fraction of sp³-hybridized carbons (Fsp3) is 0.154. The van der Waals surface area contributed by atoms with Gasteiger partial charge in [-0.15, -0.1) is 0 Å². The van der Waals surface area contributed by atoms with Gasteiger partial charge in [-0.2, -0.15) is 0 Å². The van der Waals surface area contributed by atoms with E-state index >= 15 is 0 Å². The average Bonchev–Trinajstić information content (AvgIpc) is 2.45. The van der Waals surface area contributed by atoms with Crippen LogP contribution >= 0.6 is 27.5 Å². The normalized spacial score (nSPS) is 11.4. The first-order valence-corrected chi connectivity index (χ1v) is 8.65. The molecule has 0 unspecified atom stereocenters. The van der Waals surface area contributed by atoms with Crippen LogP contribution in [0.3, 0.4) is 0 Å². The second kappa shape index (κ2) is 6.74. The maximum absolute atomic E-state index is 12.4. The number of hydrogen-bond acceptors (Lipinski definition) is 4. The number of halogens is 2. The Kier molecular flexibility index (Phi) is 5.21. The second-order valence-corrected chi connectivity index (χ2v) is 7.29. The van der Waals surface area contributed by atoms with Crippen LogP contribution < -0.4 is 10.0 Å². The number of benzene rings is 1. The van der Waals surface area contributed by atoms with Gasteiger partial charge in [0.25, 0.3) is 0 Å². The van der Waals surface area contributed by atoms with Crippen LogP contribution in [-0.4, -0.2) is 20.4 Å². The van der Waals surface area contributed by atoms with Crippen molar-refractivity contribution in [2.75, 3.05) is 12.4 Å². The lowest BCUT2D eigenvalue weighted by Crippen LogP contribution is -2.24. The van der Waals surface area contributed by atoms with Crippen molar-refractivity contribution in [3.63, 3.8) is 0 Å². The SMILES string of the molecule is CNc1ncc(Br)cc1S(=O)(=O)NCc1cccc(Cl)c1. The van der Waals surface area contributed by atoms with Gasteiger partial charge < -0.3 is 5.32 Å². The van der Waals surface area contributed by atoms with Gasteiger partial charge in [0.15, 0.2) is 0 Å². The highest BCUT2D eigenvalue weighted by Crippen LogP contribution is 2.22. The Labute approximate surface area is 136 Å². The van der Waals surface area contributed by atoms with Crippen molar-refractivity contribution < 1.29 is 8.42 Å². The molecule has 0 saturated heterocycles. The molecule has 0 radical (unpaired) electrons. The lowest BCUT2D eigenvalue weighted by Gasteiger charge is -2.11. The molecule has 2 aromatic rings. The Morgan fingerprint density at radius 1 is 1.33 bits per heavy atom. The third kappa shape index (κ3) is 4.16. The van der Waals surface area contributed by atoms with E-state index < -0.39 is 10.0 Å². The molecule has 1 aromatic heterocycles. The minimum atomic E-state index is -3.68. The van der Waals surface area contributed by atoms with Crippen molar-refractivity contribution in [1.29, 1.82) is 0 Å². The summed E-state index contributed by atoms with van der Waals surface area (Å²) in [7, 11) is -2.07. The van der Waals surface area contributed by atoms with Gasteiger partial charge in [0, 0.05) is 29.3 Å². The van der Waals surface area contributed by atoms with Gasteiger partial charge >= 0.3 is 0 Å². The minimum Gasteiger partial charge on any atom is -0.372 e. The fourth-order valence-corrected chi connectivity index (χ4v) is 3.62. The highest BCUT2D eigenvalue weighted by atomic mass is 79.9. The Morgan fingerprint density at radius 3 is 2.76 bits per heavy atom. The molecule has 1 aromatic carbocycles. The highest BCUT2D eigenvalue weighted by molar-refractivity contribution is 9.10. The number of rotatable bonds is 5. The van der Waals surface area contributed by atoms with Gasteiger partial charge in [0.2, 0.25) is 10.0 Å². The Hall–Kier alpha value is -1.15. The van der Waals surface area contributed by atoms with Crippen molar-refractivity contribution in [3.8, 4) is 0 Å². The van der Waals surface area contributed by atoms with Crippen molar-refractivity contribution in [2.45, 2.75) is 11.4 Å². The van der Waals surface area contributed by atoms with E-state index in [0.717, 1.165) is 5.56 Å². The van der Waals surface area contributed by atoms with Crippen LogP contribution in [0, 0.1) is 0 Å². The van der Waals surface area contributed by atoms with Crippen LogP contribution in [0.1, 0.15) is 5.56 Å². The zero-order valence-corrected chi connectivity index (χ0v) is 14.3. The molecule has 0 amide bonds. The smallest absolute Gasteiger partial charge is 0.244 e. The summed E-state index contributed by atoms with van der Waals surface area (Å²) in [6, 6.07) is 8.51. The van der Waals surface area contributed by atoms with Crippen LogP contribution in [-0.2, 0) is 16.6 Å². The number of aromatic nitrogens is 1. The Bertz CT molecular complexity index is 753. The lowest BCUT2D eigenvalue weighted by molar-refractivity contribution is 0.581. The third-order valence-electron chi connectivity index (χ3n) is 2.70. The van der Waals surface area contributed by atoms with E-state index in [-0.39, 0.29) is 17.3 Å². The number of sulfonamides is 1. The van der Waals surface area contributed by atoms with E-state index in [1.807, 2.05) is 0 Å². The Morgan fingerprint density at radius 2 is 2.10 bits per heavy atom. The zero-order chi connectivity index (χ0) is 15.5. The van der Waals surface area contributed by atoms with Crippen LogP contribution in [0.2, 0.25) is 5.02 Å². The fourth-order valence-electron chi connectivity index (χ4n) is 1.72. The Balaban J connectivity index is 2.24. The van der Waals surface area contributed by atoms with Crippen molar-refractivity contribution >= 4 is 43.4 Å². The quantitative estimate of drug-likeness (QED) is 0.823. The molecule has 2 rings (SSSR count). The second-order valence-electron chi connectivity index (χ2n) is 4.20. The van der Waals surface area contributed by atoms with Crippen LogP contribution in [0.4, 0.5) is 5.82 Å². The van der Waals surface area contributed by atoms with Gasteiger partial charge in [0.1, 0.15) is 10.7 Å². The predicted molar refractivity (Wildman–Crippen MR) is 87.0 cm³/mol. The van der Waals surface area contributed by atoms with Crippen molar-refractivity contribution in [1.82, 2.24) is 9.71 Å². The molecular weight excluding hydrogens is 378 g/mol. The molecular formula is C13H13BrClN3O2S. The summed E-state index contributed by atoms with van der Waals surface area (Å²) in [5, 5.41) is 3.33. The molecule has 0 aliphatic rings. The van der Waals surface area contributed by atoms with Gasteiger partial charge in [-0.25, -0.2) is 18.1 Å². The monoisotopic (exact) mass is 389 g/mol. The number of nitrogens with one attached hydrogen (secondary N) is 2. The molecule has 0 saturated carbocycles. The number of anilines is 1. The summed E-state index contributed by atoms with van der Waals surface area (Å²) in [5.41, 5.74) is 0.778. The summed E-state index contributed by atoms with van der Waals surface area (Å²) in [4.78, 5) is 4.12. The van der Waals surface area contributed by atoms with E-state index in [2.05, 4.69) is 31.0 Å². The van der Waals surface area contributed by atoms with E-state index in [1.54, 1.807) is 31.3 Å². The van der Waals surface area contributed by atoms with Gasteiger partial charge in [-0.05, 0) is 39.7 Å². The van der Waals surface area contributed by atoms with Crippen molar-refractivity contribution in [2.24, 2.45) is 0 Å². The average molecular weight is 391 g/mol. The molecule has 0 spiro atoms. The maximum atomic E-state index is 12.4. The van der Waals surface area contributed by atoms with E-state index in [1.165, 1.54) is 12.3 Å². The summed E-state index contributed by atoms with van der Waals surface area (Å²) in [6.45, 7) is 0.151. The molecule has 1 heterocycles. The van der Waals surface area contributed by atoms with Gasteiger partial charge in [0.05, 0.1) is 0 Å². The molecule has 0 bridgehead atoms. The molecule has 21 heavy (non-hydrogen) atoms. The first kappa shape index (κ1) is 16.2. The first-order chi connectivity index (χ1) is 9.92. The molecule has 0 aliphatic heterocycles. The lowest BCUT2D eigenvalue weighted by atomic mass is 10.2. The molecule has 2 N–H and O–H groups in total. The minimum absolute atomic E-state index is 0.0846. The van der Waals surface area contributed by atoms with E-state index in [4.69, 9.17) is 11.6 Å². The van der Waals surface area contributed by atoms with Crippen LogP contribution in [0.5, 0.6) is 0 Å². The molecule has 112 valence electrons. The van der Waals surface area contributed by atoms with E-state index in [0.29, 0.717) is 9.50 Å². The zero-order valence-electron chi connectivity index (χ0n) is 11.1. The summed E-state index contributed by atoms with van der Waals surface area (Å²) in [5.74, 6) is 0.289. The van der Waals surface area contributed by atoms with Crippen LogP contribution in [0.15, 0.2) is 45.9 Å². The number of hydrogen-bond donors (Lipinski definition) is 2. The molecule has 5 nitrogen and oxygen atoms in total. The van der Waals surface area contributed by atoms with Crippen LogP contribution in [0.25, 0.3) is 0 Å². The predicted octanol–water partition coefficient (Wildman–Crippen LogP) is 3.02. The maximum Gasteiger partial charge on any atom is 0.244 e. The summed E-state index contributed by atoms with van der Waals surface area (Å²) < 4.78 is 27.9. The van der Waals surface area contributed by atoms with Gasteiger partial charge in [-0.1, -0.05) is 23.7 Å². The number of pyridine rings is 1. The number of nitrogens with zero attached hydrogens (tertiary/aromatic N) is 1. The van der Waals surface area contributed by atoms with E-state index in [9.17, 15) is 8.42 Å². The van der Waals surface area contributed by atoms with Crippen molar-refractivity contribution in [3.05, 3.63) is 51.6 Å². The largest absolute Gasteiger partial charge is 0.372 e. The highest BCUT2D eigenvalue weighted by Gasteiger charge is 2.19.